The highest BCUT2D eigenvalue weighted by Crippen LogP contribution is 2.25. The zero-order valence-corrected chi connectivity index (χ0v) is 11.8. The Kier molecular flexibility index (Phi) is 3.03. The van der Waals surface area contributed by atoms with E-state index in [1.54, 1.807) is 23.5 Å². The number of sulfonamides is 1. The van der Waals surface area contributed by atoms with Crippen LogP contribution in [0.25, 0.3) is 10.1 Å². The van der Waals surface area contributed by atoms with Crippen LogP contribution in [0.3, 0.4) is 0 Å². The molecule has 0 atom stereocenters. The van der Waals surface area contributed by atoms with E-state index in [0.29, 0.717) is 5.69 Å². The number of thiophene rings is 1. The largest absolute Gasteiger partial charge is 0.368 e. The summed E-state index contributed by atoms with van der Waals surface area (Å²) in [5, 5.41) is 2.94. The number of aromatic nitrogens is 2. The number of nitrogen functional groups attached to an aromatic ring is 1. The van der Waals surface area contributed by atoms with Crippen LogP contribution in [0.5, 0.6) is 0 Å². The second-order valence-corrected chi connectivity index (χ2v) is 6.69. The maximum absolute atomic E-state index is 12.2. The van der Waals surface area contributed by atoms with Gasteiger partial charge in [-0.15, -0.1) is 11.3 Å². The average molecular weight is 306 g/mol. The van der Waals surface area contributed by atoms with Gasteiger partial charge in [0, 0.05) is 10.4 Å². The van der Waals surface area contributed by atoms with E-state index in [0.717, 1.165) is 10.1 Å². The van der Waals surface area contributed by atoms with Crippen molar-refractivity contribution in [1.82, 2.24) is 9.97 Å². The lowest BCUT2D eigenvalue weighted by Crippen LogP contribution is -2.13. The molecule has 2 heterocycles. The molecule has 1 aromatic carbocycles. The summed E-state index contributed by atoms with van der Waals surface area (Å²) in [4.78, 5) is 7.33. The number of nitrogens with zero attached hydrogens (tertiary/aromatic N) is 2. The van der Waals surface area contributed by atoms with Crippen LogP contribution in [-0.4, -0.2) is 18.4 Å². The van der Waals surface area contributed by atoms with Crippen molar-refractivity contribution in [2.75, 3.05) is 10.5 Å². The number of nitrogens with two attached hydrogens (primary N) is 1. The summed E-state index contributed by atoms with van der Waals surface area (Å²) in [5.41, 5.74) is 5.83. The number of fused-ring (bicyclic) bond motifs is 1. The van der Waals surface area contributed by atoms with Crippen molar-refractivity contribution in [3.63, 3.8) is 0 Å². The topological polar surface area (TPSA) is 98.0 Å². The van der Waals surface area contributed by atoms with Gasteiger partial charge in [-0.25, -0.2) is 18.4 Å². The van der Waals surface area contributed by atoms with Crippen molar-refractivity contribution in [3.8, 4) is 0 Å². The summed E-state index contributed by atoms with van der Waals surface area (Å²) in [6, 6.07) is 7.30. The molecule has 0 fully saturated rings. The molecule has 0 radical (unpaired) electrons. The molecule has 0 saturated heterocycles. The van der Waals surface area contributed by atoms with E-state index in [1.165, 1.54) is 12.4 Å². The number of rotatable bonds is 3. The van der Waals surface area contributed by atoms with Crippen molar-refractivity contribution in [2.45, 2.75) is 4.90 Å². The molecule has 0 bridgehead atoms. The normalized spacial score (nSPS) is 11.6. The van der Waals surface area contributed by atoms with E-state index in [2.05, 4.69) is 14.7 Å². The van der Waals surface area contributed by atoms with Gasteiger partial charge in [0.15, 0.2) is 0 Å². The number of hydrogen-bond acceptors (Lipinski definition) is 6. The van der Waals surface area contributed by atoms with Crippen LogP contribution in [0.15, 0.2) is 46.9 Å². The highest BCUT2D eigenvalue weighted by Gasteiger charge is 2.15. The number of anilines is 2. The first-order valence-corrected chi connectivity index (χ1v) is 7.98. The van der Waals surface area contributed by atoms with Gasteiger partial charge < -0.3 is 5.73 Å². The Morgan fingerprint density at radius 1 is 1.15 bits per heavy atom. The first-order valence-electron chi connectivity index (χ1n) is 5.62. The zero-order chi connectivity index (χ0) is 14.2. The molecule has 8 heteroatoms. The predicted octanol–water partition coefficient (Wildman–Crippen LogP) is 2.07. The molecule has 20 heavy (non-hydrogen) atoms. The minimum absolute atomic E-state index is 0.0304. The predicted molar refractivity (Wildman–Crippen MR) is 79.1 cm³/mol. The zero-order valence-electron chi connectivity index (χ0n) is 10.1. The molecule has 0 aliphatic carbocycles. The highest BCUT2D eigenvalue weighted by atomic mass is 32.2. The van der Waals surface area contributed by atoms with Crippen molar-refractivity contribution in [2.24, 2.45) is 0 Å². The molecule has 0 aliphatic rings. The maximum Gasteiger partial charge on any atom is 0.264 e. The van der Waals surface area contributed by atoms with E-state index in [9.17, 15) is 8.42 Å². The van der Waals surface area contributed by atoms with Crippen molar-refractivity contribution in [3.05, 3.63) is 42.0 Å². The number of hydrogen-bond donors (Lipinski definition) is 2. The van der Waals surface area contributed by atoms with Crippen LogP contribution in [-0.2, 0) is 10.0 Å². The average Bonchev–Trinajstić information content (AvgIpc) is 2.86. The second kappa shape index (κ2) is 4.73. The standard InChI is InChI=1S/C12H10N4O2S2/c13-12-14-6-10(7-15-12)20(17,18)16-9-1-2-11-8(5-9)3-4-19-11/h1-7,16H,(H2,13,14,15). The SMILES string of the molecule is Nc1ncc(S(=O)(=O)Nc2ccc3sccc3c2)cn1. The molecule has 6 nitrogen and oxygen atoms in total. The Morgan fingerprint density at radius 3 is 2.65 bits per heavy atom. The van der Waals surface area contributed by atoms with Gasteiger partial charge in [0.2, 0.25) is 5.95 Å². The fraction of sp³-hybridized carbons (Fsp3) is 0. The first kappa shape index (κ1) is 12.8. The third-order valence-electron chi connectivity index (χ3n) is 2.66. The quantitative estimate of drug-likeness (QED) is 0.772. The van der Waals surface area contributed by atoms with Gasteiger partial charge in [0.1, 0.15) is 4.90 Å². The summed E-state index contributed by atoms with van der Waals surface area (Å²) in [6.45, 7) is 0. The van der Waals surface area contributed by atoms with Crippen LogP contribution in [0.4, 0.5) is 11.6 Å². The molecular formula is C12H10N4O2S2. The maximum atomic E-state index is 12.2. The lowest BCUT2D eigenvalue weighted by molar-refractivity contribution is 0.600. The Labute approximate surface area is 119 Å². The first-order chi connectivity index (χ1) is 9.54. The molecule has 2 aromatic heterocycles. The molecule has 3 N–H and O–H groups in total. The number of nitrogens with one attached hydrogen (secondary N) is 1. The monoisotopic (exact) mass is 306 g/mol. The van der Waals surface area contributed by atoms with E-state index < -0.39 is 10.0 Å². The molecule has 0 amide bonds. The minimum Gasteiger partial charge on any atom is -0.368 e. The molecule has 0 spiro atoms. The molecular weight excluding hydrogens is 296 g/mol. The summed E-state index contributed by atoms with van der Waals surface area (Å²) in [6.07, 6.45) is 2.35. The Balaban J connectivity index is 1.94. The summed E-state index contributed by atoms with van der Waals surface area (Å²) in [5.74, 6) is 0.0312. The van der Waals surface area contributed by atoms with Crippen LogP contribution in [0.2, 0.25) is 0 Å². The van der Waals surface area contributed by atoms with Crippen LogP contribution in [0, 0.1) is 0 Å². The lowest BCUT2D eigenvalue weighted by Gasteiger charge is -2.07. The summed E-state index contributed by atoms with van der Waals surface area (Å²) in [7, 11) is -3.71. The highest BCUT2D eigenvalue weighted by molar-refractivity contribution is 7.92. The third-order valence-corrected chi connectivity index (χ3v) is 4.90. The van der Waals surface area contributed by atoms with Gasteiger partial charge >= 0.3 is 0 Å². The van der Waals surface area contributed by atoms with Gasteiger partial charge in [0.05, 0.1) is 12.4 Å². The van der Waals surface area contributed by atoms with Crippen molar-refractivity contribution >= 4 is 43.1 Å². The fourth-order valence-corrected chi connectivity index (χ4v) is 3.42. The molecule has 102 valence electrons. The smallest absolute Gasteiger partial charge is 0.264 e. The molecule has 3 rings (SSSR count). The van der Waals surface area contributed by atoms with Gasteiger partial charge in [-0.2, -0.15) is 0 Å². The lowest BCUT2D eigenvalue weighted by atomic mass is 10.2. The van der Waals surface area contributed by atoms with Crippen LogP contribution < -0.4 is 10.5 Å². The van der Waals surface area contributed by atoms with E-state index in [4.69, 9.17) is 5.73 Å². The molecule has 0 unspecified atom stereocenters. The van der Waals surface area contributed by atoms with Gasteiger partial charge in [-0.3, -0.25) is 4.72 Å². The Morgan fingerprint density at radius 2 is 1.90 bits per heavy atom. The van der Waals surface area contributed by atoms with Gasteiger partial charge in [0.25, 0.3) is 10.0 Å². The molecule has 3 aromatic rings. The van der Waals surface area contributed by atoms with E-state index in [-0.39, 0.29) is 10.8 Å². The van der Waals surface area contributed by atoms with E-state index >= 15 is 0 Å². The van der Waals surface area contributed by atoms with Crippen LogP contribution in [0.1, 0.15) is 0 Å². The fourth-order valence-electron chi connectivity index (χ4n) is 1.71. The molecule has 0 saturated carbocycles. The van der Waals surface area contributed by atoms with E-state index in [1.807, 2.05) is 17.5 Å². The summed E-state index contributed by atoms with van der Waals surface area (Å²) >= 11 is 1.60. The second-order valence-electron chi connectivity index (χ2n) is 4.06. The summed E-state index contributed by atoms with van der Waals surface area (Å²) < 4.78 is 27.9. The number of benzene rings is 1. The minimum atomic E-state index is -3.71. The van der Waals surface area contributed by atoms with Crippen molar-refractivity contribution in [1.29, 1.82) is 0 Å². The Bertz CT molecular complexity index is 857. The van der Waals surface area contributed by atoms with Gasteiger partial charge in [-0.1, -0.05) is 0 Å². The van der Waals surface area contributed by atoms with Crippen LogP contribution >= 0.6 is 11.3 Å². The molecule has 0 aliphatic heterocycles. The Hall–Kier alpha value is -2.19. The third kappa shape index (κ3) is 2.43. The van der Waals surface area contributed by atoms with Gasteiger partial charge in [-0.05, 0) is 35.0 Å². The van der Waals surface area contributed by atoms with Crippen molar-refractivity contribution < 1.29 is 8.42 Å².